The summed E-state index contributed by atoms with van der Waals surface area (Å²) in [6.07, 6.45) is 1.05. The topological polar surface area (TPSA) is 12.0 Å². The van der Waals surface area contributed by atoms with Gasteiger partial charge in [0.25, 0.3) is 0 Å². The van der Waals surface area contributed by atoms with E-state index in [1.165, 1.54) is 5.56 Å². The lowest BCUT2D eigenvalue weighted by molar-refractivity contribution is 0.521. The standard InChI is InChI=1S/C12H18ClN/c1-3-14-9-10(2)8-11-6-4-5-7-12(11)13/h4-7,10,14H,3,8-9H2,1-2H3. The molecule has 1 N–H and O–H groups in total. The van der Waals surface area contributed by atoms with E-state index in [4.69, 9.17) is 11.6 Å². The summed E-state index contributed by atoms with van der Waals surface area (Å²) in [5.41, 5.74) is 1.25. The molecule has 1 aromatic carbocycles. The van der Waals surface area contributed by atoms with E-state index in [0.717, 1.165) is 24.5 Å². The van der Waals surface area contributed by atoms with Crippen molar-refractivity contribution in [3.8, 4) is 0 Å². The first-order chi connectivity index (χ1) is 6.74. The summed E-state index contributed by atoms with van der Waals surface area (Å²) in [6.45, 7) is 6.46. The quantitative estimate of drug-likeness (QED) is 0.789. The molecule has 0 saturated carbocycles. The Morgan fingerprint density at radius 3 is 2.71 bits per heavy atom. The summed E-state index contributed by atoms with van der Waals surface area (Å²) >= 11 is 6.08. The molecule has 0 amide bonds. The summed E-state index contributed by atoms with van der Waals surface area (Å²) in [5, 5.41) is 4.23. The van der Waals surface area contributed by atoms with E-state index in [0.29, 0.717) is 5.92 Å². The number of hydrogen-bond donors (Lipinski definition) is 1. The van der Waals surface area contributed by atoms with Crippen LogP contribution in [0.3, 0.4) is 0 Å². The molecule has 0 radical (unpaired) electrons. The van der Waals surface area contributed by atoms with Gasteiger partial charge in [-0.3, -0.25) is 0 Å². The molecule has 0 heterocycles. The van der Waals surface area contributed by atoms with Crippen LogP contribution in [0.25, 0.3) is 0 Å². The van der Waals surface area contributed by atoms with Crippen LogP contribution >= 0.6 is 11.6 Å². The van der Waals surface area contributed by atoms with Crippen LogP contribution in [-0.2, 0) is 6.42 Å². The Kier molecular flexibility index (Phi) is 4.99. The lowest BCUT2D eigenvalue weighted by atomic mass is 10.0. The Bertz CT molecular complexity index is 273. The van der Waals surface area contributed by atoms with Gasteiger partial charge in [0.15, 0.2) is 0 Å². The van der Waals surface area contributed by atoms with Gasteiger partial charge in [0.2, 0.25) is 0 Å². The lowest BCUT2D eigenvalue weighted by Gasteiger charge is -2.12. The second-order valence-electron chi connectivity index (χ2n) is 3.71. The Labute approximate surface area is 91.5 Å². The molecule has 1 aromatic rings. The van der Waals surface area contributed by atoms with Gasteiger partial charge in [-0.05, 0) is 37.1 Å². The maximum atomic E-state index is 6.08. The minimum Gasteiger partial charge on any atom is -0.317 e. The fourth-order valence-corrected chi connectivity index (χ4v) is 1.72. The molecule has 0 bridgehead atoms. The molecule has 14 heavy (non-hydrogen) atoms. The first-order valence-electron chi connectivity index (χ1n) is 5.18. The number of halogens is 1. The van der Waals surface area contributed by atoms with Crippen LogP contribution in [0.2, 0.25) is 5.02 Å². The maximum absolute atomic E-state index is 6.08. The minimum atomic E-state index is 0.634. The van der Waals surface area contributed by atoms with Crippen molar-refractivity contribution in [2.24, 2.45) is 5.92 Å². The van der Waals surface area contributed by atoms with Gasteiger partial charge in [0.05, 0.1) is 0 Å². The molecule has 0 saturated heterocycles. The van der Waals surface area contributed by atoms with Gasteiger partial charge in [-0.2, -0.15) is 0 Å². The Hall–Kier alpha value is -0.530. The zero-order valence-corrected chi connectivity index (χ0v) is 9.64. The molecular weight excluding hydrogens is 194 g/mol. The Balaban J connectivity index is 2.47. The summed E-state index contributed by atoms with van der Waals surface area (Å²) in [5.74, 6) is 0.634. The summed E-state index contributed by atoms with van der Waals surface area (Å²) in [7, 11) is 0. The molecular formula is C12H18ClN. The van der Waals surface area contributed by atoms with E-state index < -0.39 is 0 Å². The highest BCUT2D eigenvalue weighted by Gasteiger charge is 2.05. The summed E-state index contributed by atoms with van der Waals surface area (Å²) < 4.78 is 0. The number of hydrogen-bond acceptors (Lipinski definition) is 1. The molecule has 2 heteroatoms. The highest BCUT2D eigenvalue weighted by Crippen LogP contribution is 2.18. The lowest BCUT2D eigenvalue weighted by Crippen LogP contribution is -2.21. The van der Waals surface area contributed by atoms with E-state index in [2.05, 4.69) is 25.2 Å². The predicted octanol–water partition coefficient (Wildman–Crippen LogP) is 3.13. The van der Waals surface area contributed by atoms with Gasteiger partial charge >= 0.3 is 0 Å². The van der Waals surface area contributed by atoms with E-state index >= 15 is 0 Å². The van der Waals surface area contributed by atoms with Crippen molar-refractivity contribution in [3.05, 3.63) is 34.9 Å². The molecule has 1 unspecified atom stereocenters. The molecule has 0 aromatic heterocycles. The van der Waals surface area contributed by atoms with Crippen LogP contribution in [0.5, 0.6) is 0 Å². The third kappa shape index (κ3) is 3.69. The van der Waals surface area contributed by atoms with Gasteiger partial charge in [-0.1, -0.05) is 43.6 Å². The van der Waals surface area contributed by atoms with Crippen molar-refractivity contribution >= 4 is 11.6 Å². The summed E-state index contributed by atoms with van der Waals surface area (Å²) in [6, 6.07) is 8.07. The van der Waals surface area contributed by atoms with Crippen molar-refractivity contribution in [3.63, 3.8) is 0 Å². The van der Waals surface area contributed by atoms with E-state index in [1.807, 2.05) is 18.2 Å². The van der Waals surface area contributed by atoms with Crippen molar-refractivity contribution in [2.45, 2.75) is 20.3 Å². The number of rotatable bonds is 5. The first kappa shape index (κ1) is 11.5. The van der Waals surface area contributed by atoms with E-state index in [9.17, 15) is 0 Å². The third-order valence-corrected chi connectivity index (χ3v) is 2.64. The average molecular weight is 212 g/mol. The van der Waals surface area contributed by atoms with Gasteiger partial charge in [0.1, 0.15) is 0 Å². The van der Waals surface area contributed by atoms with Gasteiger partial charge in [-0.25, -0.2) is 0 Å². The van der Waals surface area contributed by atoms with Crippen molar-refractivity contribution in [1.29, 1.82) is 0 Å². The molecule has 78 valence electrons. The van der Waals surface area contributed by atoms with Gasteiger partial charge in [-0.15, -0.1) is 0 Å². The van der Waals surface area contributed by atoms with Crippen LogP contribution < -0.4 is 5.32 Å². The Morgan fingerprint density at radius 1 is 1.36 bits per heavy atom. The monoisotopic (exact) mass is 211 g/mol. The molecule has 0 aliphatic rings. The molecule has 1 rings (SSSR count). The van der Waals surface area contributed by atoms with E-state index in [-0.39, 0.29) is 0 Å². The molecule has 1 atom stereocenters. The highest BCUT2D eigenvalue weighted by molar-refractivity contribution is 6.31. The maximum Gasteiger partial charge on any atom is 0.0438 e. The third-order valence-electron chi connectivity index (χ3n) is 2.27. The number of benzene rings is 1. The summed E-state index contributed by atoms with van der Waals surface area (Å²) in [4.78, 5) is 0. The number of nitrogens with one attached hydrogen (secondary N) is 1. The highest BCUT2D eigenvalue weighted by atomic mass is 35.5. The Morgan fingerprint density at radius 2 is 2.07 bits per heavy atom. The van der Waals surface area contributed by atoms with Crippen LogP contribution in [-0.4, -0.2) is 13.1 Å². The molecule has 0 aliphatic carbocycles. The van der Waals surface area contributed by atoms with Crippen LogP contribution in [0.15, 0.2) is 24.3 Å². The zero-order chi connectivity index (χ0) is 10.4. The molecule has 1 nitrogen and oxygen atoms in total. The van der Waals surface area contributed by atoms with Gasteiger partial charge < -0.3 is 5.32 Å². The van der Waals surface area contributed by atoms with Crippen molar-refractivity contribution in [2.75, 3.05) is 13.1 Å². The predicted molar refractivity (Wildman–Crippen MR) is 62.9 cm³/mol. The fourth-order valence-electron chi connectivity index (χ4n) is 1.50. The second kappa shape index (κ2) is 6.05. The zero-order valence-electron chi connectivity index (χ0n) is 8.89. The largest absolute Gasteiger partial charge is 0.317 e. The average Bonchev–Trinajstić information content (AvgIpc) is 2.18. The van der Waals surface area contributed by atoms with Crippen molar-refractivity contribution < 1.29 is 0 Å². The SMILES string of the molecule is CCNCC(C)Cc1ccccc1Cl. The van der Waals surface area contributed by atoms with Crippen LogP contribution in [0.4, 0.5) is 0 Å². The van der Waals surface area contributed by atoms with Crippen molar-refractivity contribution in [1.82, 2.24) is 5.32 Å². The minimum absolute atomic E-state index is 0.634. The normalized spacial score (nSPS) is 12.8. The first-order valence-corrected chi connectivity index (χ1v) is 5.56. The molecule has 0 fully saturated rings. The molecule has 0 aliphatic heterocycles. The molecule has 0 spiro atoms. The van der Waals surface area contributed by atoms with Gasteiger partial charge in [0, 0.05) is 5.02 Å². The van der Waals surface area contributed by atoms with Crippen LogP contribution in [0.1, 0.15) is 19.4 Å². The smallest absolute Gasteiger partial charge is 0.0438 e. The van der Waals surface area contributed by atoms with E-state index in [1.54, 1.807) is 0 Å². The fraction of sp³-hybridized carbons (Fsp3) is 0.500. The second-order valence-corrected chi connectivity index (χ2v) is 4.12. The van der Waals surface area contributed by atoms with Crippen LogP contribution in [0, 0.1) is 5.92 Å².